The van der Waals surface area contributed by atoms with Gasteiger partial charge in [0.1, 0.15) is 5.75 Å². The molecule has 2 N–H and O–H groups in total. The minimum atomic E-state index is 0.0194. The van der Waals surface area contributed by atoms with Crippen LogP contribution in [-0.2, 0) is 6.42 Å². The smallest absolute Gasteiger partial charge is 0.228 e. The van der Waals surface area contributed by atoms with Crippen LogP contribution in [0.15, 0.2) is 27.2 Å². The predicted octanol–water partition coefficient (Wildman–Crippen LogP) is 3.03. The van der Waals surface area contributed by atoms with E-state index in [4.69, 9.17) is 15.0 Å². The van der Waals surface area contributed by atoms with Gasteiger partial charge in [0.2, 0.25) is 11.7 Å². The first-order valence-corrected chi connectivity index (χ1v) is 7.22. The molecule has 20 heavy (non-hydrogen) atoms. The van der Waals surface area contributed by atoms with Gasteiger partial charge in [0.15, 0.2) is 0 Å². The first-order chi connectivity index (χ1) is 9.51. The Kier molecular flexibility index (Phi) is 4.77. The Morgan fingerprint density at radius 3 is 2.75 bits per heavy atom. The lowest BCUT2D eigenvalue weighted by Crippen LogP contribution is -2.28. The van der Waals surface area contributed by atoms with E-state index in [0.29, 0.717) is 24.1 Å². The SMILES string of the molecule is COc1ccc(-c2noc(CC(N)C(C)C)n2)cc1Br. The summed E-state index contributed by atoms with van der Waals surface area (Å²) in [5, 5.41) is 3.99. The predicted molar refractivity (Wildman–Crippen MR) is 80.5 cm³/mol. The Labute approximate surface area is 126 Å². The highest BCUT2D eigenvalue weighted by Gasteiger charge is 2.15. The number of aromatic nitrogens is 2. The van der Waals surface area contributed by atoms with Gasteiger partial charge in [-0.3, -0.25) is 0 Å². The minimum absolute atomic E-state index is 0.0194. The molecule has 0 saturated carbocycles. The summed E-state index contributed by atoms with van der Waals surface area (Å²) >= 11 is 3.44. The van der Waals surface area contributed by atoms with Gasteiger partial charge in [0.25, 0.3) is 0 Å². The molecule has 0 amide bonds. The standard InChI is InChI=1S/C14H18BrN3O2/c1-8(2)11(16)7-13-17-14(18-20-13)9-4-5-12(19-3)10(15)6-9/h4-6,8,11H,7,16H2,1-3H3. The molecule has 0 spiro atoms. The number of hydrogen-bond acceptors (Lipinski definition) is 5. The summed E-state index contributed by atoms with van der Waals surface area (Å²) in [4.78, 5) is 4.38. The van der Waals surface area contributed by atoms with Gasteiger partial charge in [-0.05, 0) is 40.0 Å². The fourth-order valence-electron chi connectivity index (χ4n) is 1.70. The van der Waals surface area contributed by atoms with E-state index in [2.05, 4.69) is 39.9 Å². The van der Waals surface area contributed by atoms with Crippen molar-refractivity contribution in [1.82, 2.24) is 10.1 Å². The van der Waals surface area contributed by atoms with Crippen LogP contribution >= 0.6 is 15.9 Å². The molecule has 0 radical (unpaired) electrons. The van der Waals surface area contributed by atoms with Crippen molar-refractivity contribution in [2.24, 2.45) is 11.7 Å². The molecule has 1 aromatic carbocycles. The van der Waals surface area contributed by atoms with Crippen LogP contribution in [0.3, 0.4) is 0 Å². The van der Waals surface area contributed by atoms with Crippen LogP contribution in [-0.4, -0.2) is 23.3 Å². The third-order valence-electron chi connectivity index (χ3n) is 3.14. The molecule has 1 atom stereocenters. The van der Waals surface area contributed by atoms with Gasteiger partial charge in [0.05, 0.1) is 11.6 Å². The lowest BCUT2D eigenvalue weighted by atomic mass is 10.0. The van der Waals surface area contributed by atoms with Gasteiger partial charge in [-0.2, -0.15) is 4.98 Å². The van der Waals surface area contributed by atoms with Gasteiger partial charge in [0, 0.05) is 18.0 Å². The molecule has 2 aromatic rings. The zero-order valence-corrected chi connectivity index (χ0v) is 13.3. The Morgan fingerprint density at radius 1 is 1.40 bits per heavy atom. The number of methoxy groups -OCH3 is 1. The number of benzene rings is 1. The van der Waals surface area contributed by atoms with E-state index in [1.807, 2.05) is 18.2 Å². The van der Waals surface area contributed by atoms with E-state index in [1.165, 1.54) is 0 Å². The lowest BCUT2D eigenvalue weighted by molar-refractivity contribution is 0.353. The Morgan fingerprint density at radius 2 is 2.15 bits per heavy atom. The Hall–Kier alpha value is -1.40. The maximum atomic E-state index is 6.01. The van der Waals surface area contributed by atoms with Crippen LogP contribution < -0.4 is 10.5 Å². The summed E-state index contributed by atoms with van der Waals surface area (Å²) < 4.78 is 11.3. The maximum absolute atomic E-state index is 6.01. The molecule has 1 unspecified atom stereocenters. The monoisotopic (exact) mass is 339 g/mol. The number of halogens is 1. The molecule has 0 aliphatic carbocycles. The highest BCUT2D eigenvalue weighted by Crippen LogP contribution is 2.29. The van der Waals surface area contributed by atoms with Gasteiger partial charge >= 0.3 is 0 Å². The van der Waals surface area contributed by atoms with E-state index >= 15 is 0 Å². The highest BCUT2D eigenvalue weighted by atomic mass is 79.9. The second-order valence-electron chi connectivity index (χ2n) is 4.97. The van der Waals surface area contributed by atoms with Crippen molar-refractivity contribution in [2.75, 3.05) is 7.11 Å². The number of nitrogens with two attached hydrogens (primary N) is 1. The van der Waals surface area contributed by atoms with Crippen molar-refractivity contribution < 1.29 is 9.26 Å². The molecule has 6 heteroatoms. The fourth-order valence-corrected chi connectivity index (χ4v) is 2.24. The summed E-state index contributed by atoms with van der Waals surface area (Å²) in [5.74, 6) is 2.26. The maximum Gasteiger partial charge on any atom is 0.228 e. The molecule has 1 aromatic heterocycles. The van der Waals surface area contributed by atoms with Crippen molar-refractivity contribution >= 4 is 15.9 Å². The summed E-state index contributed by atoms with van der Waals surface area (Å²) in [7, 11) is 1.62. The van der Waals surface area contributed by atoms with E-state index in [-0.39, 0.29) is 6.04 Å². The van der Waals surface area contributed by atoms with Crippen LogP contribution in [0, 0.1) is 5.92 Å². The Balaban J connectivity index is 2.18. The van der Waals surface area contributed by atoms with Gasteiger partial charge in [-0.1, -0.05) is 19.0 Å². The van der Waals surface area contributed by atoms with Crippen molar-refractivity contribution in [1.29, 1.82) is 0 Å². The topological polar surface area (TPSA) is 74.2 Å². The first-order valence-electron chi connectivity index (χ1n) is 6.43. The highest BCUT2D eigenvalue weighted by molar-refractivity contribution is 9.10. The summed E-state index contributed by atoms with van der Waals surface area (Å²) in [6.07, 6.45) is 0.585. The normalized spacial score (nSPS) is 12.7. The Bertz CT molecular complexity index is 584. The van der Waals surface area contributed by atoms with Crippen LogP contribution in [0.1, 0.15) is 19.7 Å². The van der Waals surface area contributed by atoms with Gasteiger partial charge in [-0.25, -0.2) is 0 Å². The average Bonchev–Trinajstić information content (AvgIpc) is 2.87. The largest absolute Gasteiger partial charge is 0.496 e. The molecule has 0 aliphatic rings. The molecule has 5 nitrogen and oxygen atoms in total. The van der Waals surface area contributed by atoms with Crippen LogP contribution in [0.4, 0.5) is 0 Å². The molecule has 2 rings (SSSR count). The summed E-state index contributed by atoms with van der Waals surface area (Å²) in [6, 6.07) is 5.66. The van der Waals surface area contributed by atoms with Crippen molar-refractivity contribution in [3.8, 4) is 17.1 Å². The number of ether oxygens (including phenoxy) is 1. The molecule has 0 fully saturated rings. The van der Waals surface area contributed by atoms with E-state index in [0.717, 1.165) is 15.8 Å². The molecular formula is C14H18BrN3O2. The third kappa shape index (κ3) is 3.37. The first kappa shape index (κ1) is 15.0. The molecular weight excluding hydrogens is 322 g/mol. The zero-order valence-electron chi connectivity index (χ0n) is 11.8. The van der Waals surface area contributed by atoms with E-state index in [9.17, 15) is 0 Å². The van der Waals surface area contributed by atoms with Crippen molar-refractivity contribution in [3.05, 3.63) is 28.6 Å². The molecule has 0 aliphatic heterocycles. The van der Waals surface area contributed by atoms with Gasteiger partial charge < -0.3 is 15.0 Å². The van der Waals surface area contributed by atoms with Crippen LogP contribution in [0.25, 0.3) is 11.4 Å². The quantitative estimate of drug-likeness (QED) is 0.906. The molecule has 108 valence electrons. The summed E-state index contributed by atoms with van der Waals surface area (Å²) in [6.45, 7) is 4.14. The van der Waals surface area contributed by atoms with Crippen molar-refractivity contribution in [3.63, 3.8) is 0 Å². The van der Waals surface area contributed by atoms with E-state index in [1.54, 1.807) is 7.11 Å². The summed E-state index contributed by atoms with van der Waals surface area (Å²) in [5.41, 5.74) is 6.87. The second-order valence-corrected chi connectivity index (χ2v) is 5.83. The van der Waals surface area contributed by atoms with Crippen LogP contribution in [0.5, 0.6) is 5.75 Å². The number of hydrogen-bond donors (Lipinski definition) is 1. The fraction of sp³-hybridized carbons (Fsp3) is 0.429. The number of rotatable bonds is 5. The average molecular weight is 340 g/mol. The van der Waals surface area contributed by atoms with E-state index < -0.39 is 0 Å². The third-order valence-corrected chi connectivity index (χ3v) is 3.76. The molecule has 0 saturated heterocycles. The minimum Gasteiger partial charge on any atom is -0.496 e. The second kappa shape index (κ2) is 6.37. The number of nitrogens with zero attached hydrogens (tertiary/aromatic N) is 2. The zero-order chi connectivity index (χ0) is 14.7. The van der Waals surface area contributed by atoms with Crippen molar-refractivity contribution in [2.45, 2.75) is 26.3 Å². The molecule has 1 heterocycles. The van der Waals surface area contributed by atoms with Crippen LogP contribution in [0.2, 0.25) is 0 Å². The molecule has 0 bridgehead atoms. The van der Waals surface area contributed by atoms with Gasteiger partial charge in [-0.15, -0.1) is 0 Å². The lowest BCUT2D eigenvalue weighted by Gasteiger charge is -2.11.